The van der Waals surface area contributed by atoms with Crippen molar-refractivity contribution in [1.29, 1.82) is 0 Å². The predicted octanol–water partition coefficient (Wildman–Crippen LogP) is -8.29. The molecule has 1 aromatic carbocycles. The van der Waals surface area contributed by atoms with Crippen LogP contribution < -0.4 is 80.9 Å². The number of para-hydroxylation sites is 1. The van der Waals surface area contributed by atoms with Crippen LogP contribution in [0.5, 0.6) is 5.75 Å². The van der Waals surface area contributed by atoms with Gasteiger partial charge in [-0.3, -0.25) is 4.52 Å². The third-order valence-electron chi connectivity index (χ3n) is 0.923. The van der Waals surface area contributed by atoms with Crippen LogP contribution in [0.1, 0.15) is 0 Å². The van der Waals surface area contributed by atoms with Gasteiger partial charge in [-0.2, -0.15) is 0 Å². The van der Waals surface area contributed by atoms with Crippen LogP contribution in [-0.4, -0.2) is 37.7 Å². The van der Waals surface area contributed by atoms with Crippen molar-refractivity contribution in [1.82, 2.24) is 0 Å². The first-order valence-electron chi connectivity index (χ1n) is 2.66. The standard InChI is InChI=1S/C6H5O3P.Ca.ClH.2Na/c7-10(8)9-6-4-2-1-3-5-6;;;;/h1-5H;;1H;;/q;+2;;2*+1/p-1. The third kappa shape index (κ3) is 12.7. The molecule has 0 aliphatic heterocycles. The van der Waals surface area contributed by atoms with Gasteiger partial charge in [0.25, 0.3) is 0 Å². The van der Waals surface area contributed by atoms with Gasteiger partial charge in [-0.1, -0.05) is 18.2 Å². The van der Waals surface area contributed by atoms with E-state index >= 15 is 0 Å². The molecule has 0 amide bonds. The molecule has 0 N–H and O–H groups in total. The van der Waals surface area contributed by atoms with Gasteiger partial charge < -0.3 is 17.3 Å². The van der Waals surface area contributed by atoms with E-state index in [-0.39, 0.29) is 109 Å². The molecule has 1 unspecified atom stereocenters. The zero-order valence-electron chi connectivity index (χ0n) is 8.14. The Labute approximate surface area is 164 Å². The predicted molar refractivity (Wildman–Crippen MR) is 40.4 cm³/mol. The van der Waals surface area contributed by atoms with E-state index in [0.717, 1.165) is 0 Å². The molecule has 0 bridgehead atoms. The number of benzene rings is 1. The maximum Gasteiger partial charge on any atom is 2.00 e. The molecule has 0 saturated carbocycles. The Bertz CT molecular complexity index is 240. The summed E-state index contributed by atoms with van der Waals surface area (Å²) >= 11 is 0. The average molecular weight is 278 g/mol. The molecule has 1 atom stereocenters. The van der Waals surface area contributed by atoms with Crippen molar-refractivity contribution in [2.24, 2.45) is 0 Å². The molecule has 14 heavy (non-hydrogen) atoms. The maximum atomic E-state index is 9.98. The minimum Gasteiger partial charge on any atom is -1.00 e. The Morgan fingerprint density at radius 2 is 1.57 bits per heavy atom. The van der Waals surface area contributed by atoms with E-state index in [0.29, 0.717) is 5.75 Å². The Balaban J connectivity index is -0.000000125. The Morgan fingerprint density at radius 1 is 1.14 bits per heavy atom. The summed E-state index contributed by atoms with van der Waals surface area (Å²) in [5, 5.41) is 0. The van der Waals surface area contributed by atoms with Crippen LogP contribution in [0.25, 0.3) is 0 Å². The second-order valence-corrected chi connectivity index (χ2v) is 2.26. The first-order chi connectivity index (χ1) is 4.79. The molecule has 0 aliphatic carbocycles. The van der Waals surface area contributed by atoms with Crippen LogP contribution in [0.15, 0.2) is 30.3 Å². The topological polar surface area (TPSA) is 49.4 Å². The van der Waals surface area contributed by atoms with Crippen LogP contribution in [0.2, 0.25) is 0 Å². The van der Waals surface area contributed by atoms with Crippen LogP contribution in [0.3, 0.4) is 0 Å². The van der Waals surface area contributed by atoms with Gasteiger partial charge in [0, 0.05) is 0 Å². The summed E-state index contributed by atoms with van der Waals surface area (Å²) in [4.78, 5) is 9.98. The molecule has 1 aromatic rings. The van der Waals surface area contributed by atoms with Gasteiger partial charge in [-0.25, -0.2) is 0 Å². The van der Waals surface area contributed by atoms with Crippen LogP contribution in [0, 0.1) is 0 Å². The third-order valence-corrected chi connectivity index (χ3v) is 1.28. The van der Waals surface area contributed by atoms with Crippen LogP contribution >= 0.6 is 8.25 Å². The summed E-state index contributed by atoms with van der Waals surface area (Å²) in [7, 11) is -2.78. The average Bonchev–Trinajstić information content (AvgIpc) is 1.88. The molecule has 3 nitrogen and oxygen atoms in total. The van der Waals surface area contributed by atoms with Crippen molar-refractivity contribution in [3.63, 3.8) is 0 Å². The first kappa shape index (κ1) is 25.5. The largest absolute Gasteiger partial charge is 2.00 e. The quantitative estimate of drug-likeness (QED) is 0.399. The summed E-state index contributed by atoms with van der Waals surface area (Å²) < 4.78 is 14.4. The number of halogens is 1. The number of rotatable bonds is 2. The maximum absolute atomic E-state index is 9.98. The molecule has 60 valence electrons. The zero-order valence-corrected chi connectivity index (χ0v) is 16.0. The molecule has 0 aromatic heterocycles. The monoisotopic (exact) mass is 277 g/mol. The molecule has 0 radical (unpaired) electrons. The first-order valence-corrected chi connectivity index (χ1v) is 3.76. The van der Waals surface area contributed by atoms with E-state index in [1.807, 2.05) is 0 Å². The molecule has 0 heterocycles. The van der Waals surface area contributed by atoms with E-state index in [9.17, 15) is 9.46 Å². The Kier molecular flexibility index (Phi) is 28.4. The van der Waals surface area contributed by atoms with Gasteiger partial charge in [0.2, 0.25) is 0 Å². The number of hydrogen-bond acceptors (Lipinski definition) is 3. The van der Waals surface area contributed by atoms with Crippen molar-refractivity contribution in [3.8, 4) is 5.75 Å². The van der Waals surface area contributed by atoms with Gasteiger partial charge >= 0.3 is 105 Å². The van der Waals surface area contributed by atoms with E-state index in [1.54, 1.807) is 30.3 Å². The summed E-state index contributed by atoms with van der Waals surface area (Å²) in [5.41, 5.74) is 0. The van der Waals surface area contributed by atoms with Crippen LogP contribution in [-0.2, 0) is 4.57 Å². The van der Waals surface area contributed by atoms with Crippen molar-refractivity contribution >= 4 is 46.0 Å². The van der Waals surface area contributed by atoms with Gasteiger partial charge in [0.05, 0.1) is 0 Å². The van der Waals surface area contributed by atoms with Gasteiger partial charge in [-0.05, 0) is 16.7 Å². The van der Waals surface area contributed by atoms with Crippen LogP contribution in [0.4, 0.5) is 0 Å². The molecule has 0 saturated heterocycles. The Morgan fingerprint density at radius 3 is 1.93 bits per heavy atom. The minimum atomic E-state index is -2.78. The van der Waals surface area contributed by atoms with Crippen molar-refractivity contribution in [3.05, 3.63) is 30.3 Å². The Hall–Kier alpha value is 2.63. The molecule has 0 spiro atoms. The summed E-state index contributed by atoms with van der Waals surface area (Å²) in [6, 6.07) is 8.34. The molecule has 0 aliphatic rings. The molecule has 8 heteroatoms. The smallest absolute Gasteiger partial charge is 1.00 e. The fourth-order valence-corrected chi connectivity index (χ4v) is 0.861. The zero-order chi connectivity index (χ0) is 7.40. The van der Waals surface area contributed by atoms with Crippen molar-refractivity contribution in [2.45, 2.75) is 0 Å². The normalized spacial score (nSPS) is 7.64. The van der Waals surface area contributed by atoms with Gasteiger partial charge in [0.1, 0.15) is 0 Å². The minimum absolute atomic E-state index is 0. The van der Waals surface area contributed by atoms with Crippen molar-refractivity contribution in [2.75, 3.05) is 0 Å². The van der Waals surface area contributed by atoms with E-state index in [4.69, 9.17) is 0 Å². The summed E-state index contributed by atoms with van der Waals surface area (Å²) in [6.07, 6.45) is 0. The van der Waals surface area contributed by atoms with E-state index in [1.165, 1.54) is 0 Å². The fourth-order valence-electron chi connectivity index (χ4n) is 0.567. The number of hydrogen-bond donors (Lipinski definition) is 0. The van der Waals surface area contributed by atoms with Gasteiger partial charge in [0.15, 0.2) is 5.75 Å². The second-order valence-electron chi connectivity index (χ2n) is 1.63. The SMILES string of the molecule is O=[P+]([O-])Oc1ccccc1.[Ca+2].[Cl-].[Na+].[Na+]. The molecular weight excluding hydrogens is 273 g/mol. The summed E-state index contributed by atoms with van der Waals surface area (Å²) in [5.74, 6) is 0.346. The van der Waals surface area contributed by atoms with E-state index in [2.05, 4.69) is 4.52 Å². The summed E-state index contributed by atoms with van der Waals surface area (Å²) in [6.45, 7) is 0. The second kappa shape index (κ2) is 15.6. The molecule has 1 rings (SSSR count). The van der Waals surface area contributed by atoms with E-state index < -0.39 is 8.25 Å². The van der Waals surface area contributed by atoms with Gasteiger partial charge in [-0.15, -0.1) is 0 Å². The van der Waals surface area contributed by atoms with Crippen molar-refractivity contribution < 1.29 is 85.5 Å². The fraction of sp³-hybridized carbons (Fsp3) is 0. The molecule has 0 fully saturated rings. The molecular formula is C6H5CaClNa2O3P+3.